The fourth-order valence-corrected chi connectivity index (χ4v) is 3.27. The predicted molar refractivity (Wildman–Crippen MR) is 104 cm³/mol. The standard InChI is InChI=1S/C20H31N3O3/c1-20(2,16-6-8-17(25-4)9-7-16)14-22-19(21-3)23-12-10-15(11-13-23)18(24)26-5/h6-9,15H,10-14H2,1-5H3,(H,21,22). The van der Waals surface area contributed by atoms with Crippen LogP contribution in [0.2, 0.25) is 0 Å². The number of methoxy groups -OCH3 is 2. The number of benzene rings is 1. The van der Waals surface area contributed by atoms with Gasteiger partial charge in [0.15, 0.2) is 5.96 Å². The summed E-state index contributed by atoms with van der Waals surface area (Å²) >= 11 is 0. The lowest BCUT2D eigenvalue weighted by Crippen LogP contribution is -2.49. The van der Waals surface area contributed by atoms with Gasteiger partial charge in [0.2, 0.25) is 0 Å². The SMILES string of the molecule is CN=C(NCC(C)(C)c1ccc(OC)cc1)N1CCC(C(=O)OC)CC1. The van der Waals surface area contributed by atoms with Gasteiger partial charge in [-0.1, -0.05) is 26.0 Å². The highest BCUT2D eigenvalue weighted by atomic mass is 16.5. The molecule has 0 unspecified atom stereocenters. The Morgan fingerprint density at radius 2 is 1.85 bits per heavy atom. The molecule has 0 aliphatic carbocycles. The minimum absolute atomic E-state index is 0.00472. The van der Waals surface area contributed by atoms with Crippen LogP contribution in [0, 0.1) is 5.92 Å². The van der Waals surface area contributed by atoms with E-state index in [-0.39, 0.29) is 17.3 Å². The highest BCUT2D eigenvalue weighted by Gasteiger charge is 2.28. The van der Waals surface area contributed by atoms with Crippen molar-refractivity contribution >= 4 is 11.9 Å². The normalized spacial score (nSPS) is 16.3. The molecule has 1 aliphatic rings. The molecule has 0 bridgehead atoms. The van der Waals surface area contributed by atoms with Crippen LogP contribution in [0.15, 0.2) is 29.3 Å². The monoisotopic (exact) mass is 361 g/mol. The average Bonchev–Trinajstić information content (AvgIpc) is 2.68. The summed E-state index contributed by atoms with van der Waals surface area (Å²) in [6.07, 6.45) is 1.60. The van der Waals surface area contributed by atoms with Gasteiger partial charge in [-0.3, -0.25) is 9.79 Å². The fourth-order valence-electron chi connectivity index (χ4n) is 3.27. The van der Waals surface area contributed by atoms with Gasteiger partial charge in [0.1, 0.15) is 5.75 Å². The van der Waals surface area contributed by atoms with Crippen molar-refractivity contribution in [3.05, 3.63) is 29.8 Å². The van der Waals surface area contributed by atoms with E-state index in [1.807, 2.05) is 12.1 Å². The molecule has 6 nitrogen and oxygen atoms in total. The molecule has 1 aromatic rings. The summed E-state index contributed by atoms with van der Waals surface area (Å²) in [4.78, 5) is 18.3. The third-order valence-corrected chi connectivity index (χ3v) is 5.10. The number of likely N-dealkylation sites (tertiary alicyclic amines) is 1. The predicted octanol–water partition coefficient (Wildman–Crippen LogP) is 2.43. The molecule has 0 amide bonds. The number of hydrogen-bond donors (Lipinski definition) is 1. The number of esters is 1. The van der Waals surface area contributed by atoms with Gasteiger partial charge in [0.25, 0.3) is 0 Å². The highest BCUT2D eigenvalue weighted by molar-refractivity contribution is 5.80. The van der Waals surface area contributed by atoms with Gasteiger partial charge in [0.05, 0.1) is 20.1 Å². The maximum Gasteiger partial charge on any atom is 0.308 e. The van der Waals surface area contributed by atoms with Crippen LogP contribution in [-0.2, 0) is 14.9 Å². The van der Waals surface area contributed by atoms with Crippen LogP contribution in [0.4, 0.5) is 0 Å². The van der Waals surface area contributed by atoms with Crippen LogP contribution in [0.1, 0.15) is 32.3 Å². The van der Waals surface area contributed by atoms with E-state index >= 15 is 0 Å². The number of carbonyl (C=O) groups is 1. The fraction of sp³-hybridized carbons (Fsp3) is 0.600. The molecule has 26 heavy (non-hydrogen) atoms. The molecule has 6 heteroatoms. The van der Waals surface area contributed by atoms with E-state index in [1.165, 1.54) is 12.7 Å². The van der Waals surface area contributed by atoms with Gasteiger partial charge in [-0.25, -0.2) is 0 Å². The van der Waals surface area contributed by atoms with E-state index in [1.54, 1.807) is 14.2 Å². The molecule has 1 aromatic carbocycles. The van der Waals surface area contributed by atoms with E-state index < -0.39 is 0 Å². The summed E-state index contributed by atoms with van der Waals surface area (Å²) in [6, 6.07) is 8.18. The van der Waals surface area contributed by atoms with Gasteiger partial charge >= 0.3 is 5.97 Å². The minimum atomic E-state index is -0.103. The molecule has 0 atom stereocenters. The van der Waals surface area contributed by atoms with Gasteiger partial charge in [-0.2, -0.15) is 0 Å². The van der Waals surface area contributed by atoms with Gasteiger partial charge < -0.3 is 19.7 Å². The average molecular weight is 361 g/mol. The quantitative estimate of drug-likeness (QED) is 0.496. The Kier molecular flexibility index (Phi) is 6.89. The largest absolute Gasteiger partial charge is 0.497 e. The number of rotatable bonds is 5. The van der Waals surface area contributed by atoms with Crippen molar-refractivity contribution < 1.29 is 14.3 Å². The van der Waals surface area contributed by atoms with Crippen molar-refractivity contribution in [2.24, 2.45) is 10.9 Å². The molecular weight excluding hydrogens is 330 g/mol. The van der Waals surface area contributed by atoms with E-state index in [0.717, 1.165) is 44.2 Å². The number of carbonyl (C=O) groups excluding carboxylic acids is 1. The summed E-state index contributed by atoms with van der Waals surface area (Å²) in [6.45, 7) is 6.80. The number of ether oxygens (including phenoxy) is 2. The first-order chi connectivity index (χ1) is 12.4. The van der Waals surface area contributed by atoms with Crippen molar-refractivity contribution in [3.63, 3.8) is 0 Å². The Morgan fingerprint density at radius 3 is 2.35 bits per heavy atom. The molecule has 1 saturated heterocycles. The maximum atomic E-state index is 11.7. The van der Waals surface area contributed by atoms with Crippen LogP contribution in [0.5, 0.6) is 5.75 Å². The van der Waals surface area contributed by atoms with Crippen LogP contribution in [-0.4, -0.2) is 57.7 Å². The Morgan fingerprint density at radius 1 is 1.23 bits per heavy atom. The van der Waals surface area contributed by atoms with Crippen molar-refractivity contribution in [2.45, 2.75) is 32.1 Å². The Labute approximate surface area is 156 Å². The number of piperidine rings is 1. The second-order valence-corrected chi connectivity index (χ2v) is 7.30. The first kappa shape index (κ1) is 20.1. The molecule has 2 rings (SSSR count). The molecule has 0 aromatic heterocycles. The lowest BCUT2D eigenvalue weighted by molar-refractivity contribution is -0.146. The number of guanidine groups is 1. The molecule has 1 heterocycles. The number of aliphatic imine (C=N–C) groups is 1. The summed E-state index contributed by atoms with van der Waals surface area (Å²) in [5.74, 6) is 1.65. The zero-order chi connectivity index (χ0) is 19.2. The third-order valence-electron chi connectivity index (χ3n) is 5.10. The molecule has 1 fully saturated rings. The Bertz CT molecular complexity index is 618. The second-order valence-electron chi connectivity index (χ2n) is 7.30. The van der Waals surface area contributed by atoms with Crippen molar-refractivity contribution in [1.82, 2.24) is 10.2 Å². The maximum absolute atomic E-state index is 11.7. The van der Waals surface area contributed by atoms with E-state index in [2.05, 4.69) is 41.2 Å². The van der Waals surface area contributed by atoms with Crippen LogP contribution >= 0.6 is 0 Å². The topological polar surface area (TPSA) is 63.2 Å². The van der Waals surface area contributed by atoms with E-state index in [0.29, 0.717) is 0 Å². The van der Waals surface area contributed by atoms with Gasteiger partial charge in [0, 0.05) is 32.1 Å². The molecule has 1 aliphatic heterocycles. The summed E-state index contributed by atoms with van der Waals surface area (Å²) < 4.78 is 10.1. The number of hydrogen-bond acceptors (Lipinski definition) is 4. The van der Waals surface area contributed by atoms with Gasteiger partial charge in [-0.05, 0) is 30.5 Å². The Hall–Kier alpha value is -2.24. The summed E-state index contributed by atoms with van der Waals surface area (Å²) in [5, 5.41) is 3.49. The first-order valence-corrected chi connectivity index (χ1v) is 9.09. The lowest BCUT2D eigenvalue weighted by atomic mass is 9.84. The summed E-state index contributed by atoms with van der Waals surface area (Å²) in [5.41, 5.74) is 1.19. The van der Waals surface area contributed by atoms with Crippen molar-refractivity contribution in [1.29, 1.82) is 0 Å². The molecule has 1 N–H and O–H groups in total. The zero-order valence-corrected chi connectivity index (χ0v) is 16.5. The molecule has 144 valence electrons. The molecule has 0 spiro atoms. The van der Waals surface area contributed by atoms with Crippen LogP contribution in [0.25, 0.3) is 0 Å². The smallest absolute Gasteiger partial charge is 0.308 e. The zero-order valence-electron chi connectivity index (χ0n) is 16.5. The summed E-state index contributed by atoms with van der Waals surface area (Å²) in [7, 11) is 4.93. The molecule has 0 saturated carbocycles. The molecule has 0 radical (unpaired) electrons. The minimum Gasteiger partial charge on any atom is -0.497 e. The highest BCUT2D eigenvalue weighted by Crippen LogP contribution is 2.25. The van der Waals surface area contributed by atoms with Crippen LogP contribution < -0.4 is 10.1 Å². The second kappa shape index (κ2) is 8.92. The van der Waals surface area contributed by atoms with Crippen molar-refractivity contribution in [3.8, 4) is 5.75 Å². The molecular formula is C20H31N3O3. The number of nitrogens with one attached hydrogen (secondary N) is 1. The third kappa shape index (κ3) is 4.90. The lowest BCUT2D eigenvalue weighted by Gasteiger charge is -2.35. The van der Waals surface area contributed by atoms with E-state index in [9.17, 15) is 4.79 Å². The van der Waals surface area contributed by atoms with Gasteiger partial charge in [-0.15, -0.1) is 0 Å². The van der Waals surface area contributed by atoms with Crippen LogP contribution in [0.3, 0.4) is 0 Å². The van der Waals surface area contributed by atoms with Crippen molar-refractivity contribution in [2.75, 3.05) is 40.9 Å². The Balaban J connectivity index is 1.92. The number of nitrogens with zero attached hydrogens (tertiary/aromatic N) is 2. The van der Waals surface area contributed by atoms with E-state index in [4.69, 9.17) is 9.47 Å². The first-order valence-electron chi connectivity index (χ1n) is 9.09.